The van der Waals surface area contributed by atoms with Crippen LogP contribution in [0.5, 0.6) is 5.75 Å². The lowest BCUT2D eigenvalue weighted by atomic mass is 10.2. The Labute approximate surface area is 74.5 Å². The molecule has 2 N–H and O–H groups in total. The zero-order chi connectivity index (χ0) is 9.68. The van der Waals surface area contributed by atoms with Gasteiger partial charge in [0.1, 0.15) is 12.4 Å². The van der Waals surface area contributed by atoms with Gasteiger partial charge in [-0.25, -0.2) is 8.78 Å². The van der Waals surface area contributed by atoms with Gasteiger partial charge in [0.25, 0.3) is 6.43 Å². The predicted octanol–water partition coefficient (Wildman–Crippen LogP) is 1.18. The fourth-order valence-corrected chi connectivity index (χ4v) is 0.860. The molecule has 1 heterocycles. The standard InChI is InChI=1S/C8H10F2N2O/c9-8(10)5-13-7-4-12-2-1-6(7)3-11/h1-2,4,8H,3,5,11H2. The Kier molecular flexibility index (Phi) is 3.57. The van der Waals surface area contributed by atoms with Crippen LogP contribution in [0.1, 0.15) is 5.56 Å². The van der Waals surface area contributed by atoms with Crippen molar-refractivity contribution in [1.82, 2.24) is 4.98 Å². The van der Waals surface area contributed by atoms with E-state index in [9.17, 15) is 8.78 Å². The molecule has 0 saturated heterocycles. The lowest BCUT2D eigenvalue weighted by Gasteiger charge is -2.08. The minimum absolute atomic E-state index is 0.251. The molecule has 0 atom stereocenters. The summed E-state index contributed by atoms with van der Waals surface area (Å²) in [6.07, 6.45) is 0.438. The maximum atomic E-state index is 11.8. The van der Waals surface area contributed by atoms with Crippen molar-refractivity contribution >= 4 is 0 Å². The molecular weight excluding hydrogens is 178 g/mol. The van der Waals surface area contributed by atoms with Gasteiger partial charge in [-0.3, -0.25) is 4.98 Å². The Bertz CT molecular complexity index is 268. The van der Waals surface area contributed by atoms with Crippen molar-refractivity contribution in [1.29, 1.82) is 0 Å². The average molecular weight is 188 g/mol. The number of halogens is 2. The van der Waals surface area contributed by atoms with Crippen LogP contribution >= 0.6 is 0 Å². The van der Waals surface area contributed by atoms with Gasteiger partial charge in [0.05, 0.1) is 6.20 Å². The van der Waals surface area contributed by atoms with Gasteiger partial charge in [-0.2, -0.15) is 0 Å². The molecule has 0 aliphatic rings. The van der Waals surface area contributed by atoms with Gasteiger partial charge >= 0.3 is 0 Å². The summed E-state index contributed by atoms with van der Waals surface area (Å²) in [5.74, 6) is 0.324. The Morgan fingerprint density at radius 2 is 2.31 bits per heavy atom. The average Bonchev–Trinajstić information content (AvgIpc) is 2.15. The Balaban J connectivity index is 2.64. The first kappa shape index (κ1) is 9.85. The number of pyridine rings is 1. The molecule has 0 saturated carbocycles. The van der Waals surface area contributed by atoms with E-state index in [1.54, 1.807) is 6.07 Å². The first-order valence-corrected chi connectivity index (χ1v) is 3.78. The third-order valence-electron chi connectivity index (χ3n) is 1.45. The van der Waals surface area contributed by atoms with Crippen molar-refractivity contribution in [3.63, 3.8) is 0 Å². The number of hydrogen-bond acceptors (Lipinski definition) is 3. The molecule has 0 aromatic carbocycles. The number of alkyl halides is 2. The second kappa shape index (κ2) is 4.71. The Morgan fingerprint density at radius 1 is 1.54 bits per heavy atom. The summed E-state index contributed by atoms with van der Waals surface area (Å²) in [4.78, 5) is 3.75. The smallest absolute Gasteiger partial charge is 0.272 e. The normalized spacial score (nSPS) is 10.5. The molecule has 5 heteroatoms. The van der Waals surface area contributed by atoms with Crippen LogP contribution in [0.25, 0.3) is 0 Å². The van der Waals surface area contributed by atoms with E-state index < -0.39 is 13.0 Å². The minimum atomic E-state index is -2.48. The Hall–Kier alpha value is -1.23. The first-order valence-electron chi connectivity index (χ1n) is 3.78. The summed E-state index contributed by atoms with van der Waals surface area (Å²) in [7, 11) is 0. The third-order valence-corrected chi connectivity index (χ3v) is 1.45. The van der Waals surface area contributed by atoms with E-state index in [1.807, 2.05) is 0 Å². The van der Waals surface area contributed by atoms with Gasteiger partial charge < -0.3 is 10.5 Å². The molecule has 1 rings (SSSR count). The molecule has 1 aromatic heterocycles. The molecule has 0 aliphatic carbocycles. The molecule has 3 nitrogen and oxygen atoms in total. The predicted molar refractivity (Wildman–Crippen MR) is 43.6 cm³/mol. The van der Waals surface area contributed by atoms with Crippen molar-refractivity contribution in [2.45, 2.75) is 13.0 Å². The van der Waals surface area contributed by atoms with Crippen LogP contribution < -0.4 is 10.5 Å². The summed E-state index contributed by atoms with van der Waals surface area (Å²) in [6, 6.07) is 1.64. The fraction of sp³-hybridized carbons (Fsp3) is 0.375. The highest BCUT2D eigenvalue weighted by atomic mass is 19.3. The van der Waals surface area contributed by atoms with Crippen molar-refractivity contribution in [2.24, 2.45) is 5.73 Å². The van der Waals surface area contributed by atoms with E-state index >= 15 is 0 Å². The van der Waals surface area contributed by atoms with Gasteiger partial charge in [-0.05, 0) is 6.07 Å². The van der Waals surface area contributed by atoms with E-state index in [0.29, 0.717) is 11.3 Å². The molecule has 72 valence electrons. The van der Waals surface area contributed by atoms with Crippen LogP contribution in [0.3, 0.4) is 0 Å². The van der Waals surface area contributed by atoms with Crippen LogP contribution in [0.4, 0.5) is 8.78 Å². The Morgan fingerprint density at radius 3 is 2.92 bits per heavy atom. The molecule has 0 amide bonds. The molecule has 1 aromatic rings. The molecule has 0 aliphatic heterocycles. The highest BCUT2D eigenvalue weighted by Crippen LogP contribution is 2.15. The molecule has 0 fully saturated rings. The highest BCUT2D eigenvalue weighted by Gasteiger charge is 2.06. The number of ether oxygens (including phenoxy) is 1. The molecule has 13 heavy (non-hydrogen) atoms. The summed E-state index contributed by atoms with van der Waals surface area (Å²) in [5.41, 5.74) is 6.04. The molecule has 0 unspecified atom stereocenters. The summed E-state index contributed by atoms with van der Waals surface area (Å²) >= 11 is 0. The SMILES string of the molecule is NCc1ccncc1OCC(F)F. The summed E-state index contributed by atoms with van der Waals surface area (Å²) in [5, 5.41) is 0. The lowest BCUT2D eigenvalue weighted by Crippen LogP contribution is -2.09. The number of nitrogens with zero attached hydrogens (tertiary/aromatic N) is 1. The van der Waals surface area contributed by atoms with Crippen LogP contribution in [0.15, 0.2) is 18.5 Å². The fourth-order valence-electron chi connectivity index (χ4n) is 0.860. The van der Waals surface area contributed by atoms with Gasteiger partial charge in [0, 0.05) is 18.3 Å². The second-order valence-electron chi connectivity index (χ2n) is 2.39. The van der Waals surface area contributed by atoms with Crippen LogP contribution in [0, 0.1) is 0 Å². The summed E-state index contributed by atoms with van der Waals surface area (Å²) < 4.78 is 28.4. The maximum Gasteiger partial charge on any atom is 0.272 e. The van der Waals surface area contributed by atoms with Gasteiger partial charge in [-0.15, -0.1) is 0 Å². The topological polar surface area (TPSA) is 48.1 Å². The van der Waals surface area contributed by atoms with E-state index in [1.165, 1.54) is 12.4 Å². The van der Waals surface area contributed by atoms with Crippen LogP contribution in [-0.4, -0.2) is 18.0 Å². The monoisotopic (exact) mass is 188 g/mol. The lowest BCUT2D eigenvalue weighted by molar-refractivity contribution is 0.0812. The van der Waals surface area contributed by atoms with Gasteiger partial charge in [0.2, 0.25) is 0 Å². The quantitative estimate of drug-likeness (QED) is 0.771. The van der Waals surface area contributed by atoms with E-state index in [4.69, 9.17) is 10.5 Å². The molecule has 0 radical (unpaired) electrons. The van der Waals surface area contributed by atoms with E-state index in [0.717, 1.165) is 0 Å². The third kappa shape index (κ3) is 2.95. The molecule has 0 bridgehead atoms. The van der Waals surface area contributed by atoms with Crippen molar-refractivity contribution < 1.29 is 13.5 Å². The number of hydrogen-bond donors (Lipinski definition) is 1. The minimum Gasteiger partial charge on any atom is -0.486 e. The van der Waals surface area contributed by atoms with E-state index in [-0.39, 0.29) is 6.54 Å². The maximum absolute atomic E-state index is 11.8. The van der Waals surface area contributed by atoms with Crippen molar-refractivity contribution in [3.05, 3.63) is 24.0 Å². The molecule has 0 spiro atoms. The zero-order valence-corrected chi connectivity index (χ0v) is 6.91. The van der Waals surface area contributed by atoms with Gasteiger partial charge in [0.15, 0.2) is 0 Å². The van der Waals surface area contributed by atoms with E-state index in [2.05, 4.69) is 4.98 Å². The zero-order valence-electron chi connectivity index (χ0n) is 6.91. The number of aromatic nitrogens is 1. The molecular formula is C8H10F2N2O. The number of nitrogens with two attached hydrogens (primary N) is 1. The van der Waals surface area contributed by atoms with Crippen molar-refractivity contribution in [2.75, 3.05) is 6.61 Å². The van der Waals surface area contributed by atoms with Crippen molar-refractivity contribution in [3.8, 4) is 5.75 Å². The first-order chi connectivity index (χ1) is 6.24. The highest BCUT2D eigenvalue weighted by molar-refractivity contribution is 5.29. The van der Waals surface area contributed by atoms with Crippen LogP contribution in [0.2, 0.25) is 0 Å². The second-order valence-corrected chi connectivity index (χ2v) is 2.39. The number of rotatable bonds is 4. The summed E-state index contributed by atoms with van der Waals surface area (Å²) in [6.45, 7) is -0.375. The van der Waals surface area contributed by atoms with Crippen LogP contribution in [-0.2, 0) is 6.54 Å². The van der Waals surface area contributed by atoms with Gasteiger partial charge in [-0.1, -0.05) is 0 Å². The largest absolute Gasteiger partial charge is 0.486 e.